The van der Waals surface area contributed by atoms with Crippen LogP contribution in [-0.2, 0) is 0 Å². The third-order valence-corrected chi connectivity index (χ3v) is 5.50. The van der Waals surface area contributed by atoms with Crippen LogP contribution < -0.4 is 10.6 Å². The highest BCUT2D eigenvalue weighted by Crippen LogP contribution is 2.38. The van der Waals surface area contributed by atoms with Crippen LogP contribution in [0, 0.1) is 6.92 Å². The molecule has 6 nitrogen and oxygen atoms in total. The number of aromatic nitrogens is 2. The third-order valence-electron chi connectivity index (χ3n) is 5.50. The number of rotatable bonds is 5. The predicted molar refractivity (Wildman–Crippen MR) is 91.8 cm³/mol. The zero-order valence-corrected chi connectivity index (χ0v) is 14.6. The second-order valence-corrected chi connectivity index (χ2v) is 7.10. The van der Waals surface area contributed by atoms with Gasteiger partial charge >= 0.3 is 6.03 Å². The molecule has 6 heteroatoms. The first-order valence-electron chi connectivity index (χ1n) is 8.90. The van der Waals surface area contributed by atoms with Crippen LogP contribution in [0.1, 0.15) is 57.7 Å². The highest BCUT2D eigenvalue weighted by Gasteiger charge is 2.44. The van der Waals surface area contributed by atoms with Crippen molar-refractivity contribution in [3.63, 3.8) is 0 Å². The minimum atomic E-state index is -0.123. The molecule has 0 radical (unpaired) electrons. The maximum absolute atomic E-state index is 12.3. The Balaban J connectivity index is 1.60. The number of hydrogen-bond donors (Lipinski definition) is 2. The average Bonchev–Trinajstić information content (AvgIpc) is 3.18. The standard InChI is InChI=1S/C17H29N5O/c1-4-14(3)22-15(11-13(2)20-22)19-16(23)18-12-17-7-5-9-21(17)10-6-8-17/h11,14H,4-10,12H2,1-3H3,(H2,18,19,23)/t14-/m1/s1. The number of aryl methyl sites for hydroxylation is 1. The van der Waals surface area contributed by atoms with Crippen molar-refractivity contribution in [2.24, 2.45) is 0 Å². The number of fused-ring (bicyclic) bond motifs is 1. The number of amides is 2. The van der Waals surface area contributed by atoms with E-state index in [1.807, 2.05) is 17.7 Å². The molecule has 1 aromatic rings. The van der Waals surface area contributed by atoms with E-state index in [0.717, 1.165) is 24.5 Å². The van der Waals surface area contributed by atoms with E-state index >= 15 is 0 Å². The zero-order chi connectivity index (χ0) is 16.4. The molecule has 2 aliphatic heterocycles. The zero-order valence-electron chi connectivity index (χ0n) is 14.6. The molecule has 3 heterocycles. The van der Waals surface area contributed by atoms with Crippen molar-refractivity contribution in [2.75, 3.05) is 25.0 Å². The van der Waals surface area contributed by atoms with Gasteiger partial charge < -0.3 is 5.32 Å². The summed E-state index contributed by atoms with van der Waals surface area (Å²) in [4.78, 5) is 14.9. The lowest BCUT2D eigenvalue weighted by Crippen LogP contribution is -2.49. The van der Waals surface area contributed by atoms with Gasteiger partial charge in [-0.05, 0) is 59.0 Å². The molecule has 0 saturated carbocycles. The fourth-order valence-corrected chi connectivity index (χ4v) is 4.04. The van der Waals surface area contributed by atoms with Gasteiger partial charge in [-0.1, -0.05) is 6.92 Å². The maximum atomic E-state index is 12.3. The first-order valence-corrected chi connectivity index (χ1v) is 8.90. The summed E-state index contributed by atoms with van der Waals surface area (Å²) in [6.45, 7) is 9.31. The number of carbonyl (C=O) groups is 1. The van der Waals surface area contributed by atoms with Crippen molar-refractivity contribution < 1.29 is 4.79 Å². The molecule has 0 aliphatic carbocycles. The van der Waals surface area contributed by atoms with Gasteiger partial charge in [0.25, 0.3) is 0 Å². The first kappa shape index (κ1) is 16.3. The molecule has 1 aromatic heterocycles. The van der Waals surface area contributed by atoms with E-state index in [-0.39, 0.29) is 17.6 Å². The van der Waals surface area contributed by atoms with Gasteiger partial charge in [-0.15, -0.1) is 0 Å². The van der Waals surface area contributed by atoms with Crippen LogP contribution in [0.2, 0.25) is 0 Å². The van der Waals surface area contributed by atoms with Gasteiger partial charge in [-0.2, -0.15) is 5.10 Å². The summed E-state index contributed by atoms with van der Waals surface area (Å²) in [5, 5.41) is 10.6. The highest BCUT2D eigenvalue weighted by molar-refractivity contribution is 5.88. The van der Waals surface area contributed by atoms with Gasteiger partial charge in [0.2, 0.25) is 0 Å². The van der Waals surface area contributed by atoms with E-state index in [4.69, 9.17) is 0 Å². The van der Waals surface area contributed by atoms with E-state index in [9.17, 15) is 4.79 Å². The predicted octanol–water partition coefficient (Wildman–Crippen LogP) is 2.91. The van der Waals surface area contributed by atoms with Gasteiger partial charge in [-0.25, -0.2) is 9.48 Å². The van der Waals surface area contributed by atoms with Crippen molar-refractivity contribution in [3.05, 3.63) is 11.8 Å². The summed E-state index contributed by atoms with van der Waals surface area (Å²) in [6.07, 6.45) is 5.90. The number of carbonyl (C=O) groups excluding carboxylic acids is 1. The summed E-state index contributed by atoms with van der Waals surface area (Å²) in [5.74, 6) is 0.779. The molecule has 0 bridgehead atoms. The van der Waals surface area contributed by atoms with Crippen LogP contribution in [0.25, 0.3) is 0 Å². The molecule has 0 aromatic carbocycles. The Bertz CT molecular complexity index is 557. The van der Waals surface area contributed by atoms with Crippen LogP contribution >= 0.6 is 0 Å². The molecule has 2 aliphatic rings. The molecule has 2 saturated heterocycles. The van der Waals surface area contributed by atoms with E-state index in [2.05, 4.69) is 34.5 Å². The molecule has 2 N–H and O–H groups in total. The molecule has 2 amide bonds. The van der Waals surface area contributed by atoms with Crippen molar-refractivity contribution >= 4 is 11.8 Å². The number of urea groups is 1. The van der Waals surface area contributed by atoms with Gasteiger partial charge in [0.1, 0.15) is 5.82 Å². The van der Waals surface area contributed by atoms with Crippen LogP contribution in [-0.4, -0.2) is 45.9 Å². The van der Waals surface area contributed by atoms with E-state index < -0.39 is 0 Å². The van der Waals surface area contributed by atoms with Crippen LogP contribution in [0.5, 0.6) is 0 Å². The topological polar surface area (TPSA) is 62.2 Å². The minimum Gasteiger partial charge on any atom is -0.336 e. The Morgan fingerprint density at radius 1 is 1.39 bits per heavy atom. The Hall–Kier alpha value is -1.56. The quantitative estimate of drug-likeness (QED) is 0.877. The SMILES string of the molecule is CC[C@@H](C)n1nc(C)cc1NC(=O)NCC12CCCN1CCC2. The Kier molecular flexibility index (Phi) is 4.62. The second kappa shape index (κ2) is 6.51. The normalized spacial score (nSPS) is 21.2. The van der Waals surface area contributed by atoms with Crippen molar-refractivity contribution in [3.8, 4) is 0 Å². The van der Waals surface area contributed by atoms with Crippen molar-refractivity contribution in [1.82, 2.24) is 20.0 Å². The Labute approximate surface area is 138 Å². The Morgan fingerprint density at radius 2 is 2.09 bits per heavy atom. The van der Waals surface area contributed by atoms with Crippen LogP contribution in [0.15, 0.2) is 6.07 Å². The van der Waals surface area contributed by atoms with Crippen molar-refractivity contribution in [1.29, 1.82) is 0 Å². The first-order chi connectivity index (χ1) is 11.0. The Morgan fingerprint density at radius 3 is 2.74 bits per heavy atom. The lowest BCUT2D eigenvalue weighted by molar-refractivity contribution is 0.189. The van der Waals surface area contributed by atoms with E-state index in [1.165, 1.54) is 38.8 Å². The summed E-state index contributed by atoms with van der Waals surface area (Å²) in [7, 11) is 0. The molecular formula is C17H29N5O. The second-order valence-electron chi connectivity index (χ2n) is 7.10. The smallest absolute Gasteiger partial charge is 0.320 e. The van der Waals surface area contributed by atoms with E-state index in [0.29, 0.717) is 0 Å². The molecule has 0 spiro atoms. The van der Waals surface area contributed by atoms with Crippen LogP contribution in [0.4, 0.5) is 10.6 Å². The lowest BCUT2D eigenvalue weighted by Gasteiger charge is -2.32. The molecular weight excluding hydrogens is 290 g/mol. The highest BCUT2D eigenvalue weighted by atomic mass is 16.2. The minimum absolute atomic E-state index is 0.123. The fourth-order valence-electron chi connectivity index (χ4n) is 4.04. The monoisotopic (exact) mass is 319 g/mol. The summed E-state index contributed by atoms with van der Waals surface area (Å²) < 4.78 is 1.91. The molecule has 1 atom stereocenters. The van der Waals surface area contributed by atoms with Gasteiger partial charge in [0.15, 0.2) is 0 Å². The summed E-state index contributed by atoms with van der Waals surface area (Å²) in [6, 6.07) is 2.09. The summed E-state index contributed by atoms with van der Waals surface area (Å²) in [5.41, 5.74) is 1.14. The van der Waals surface area contributed by atoms with Gasteiger partial charge in [0.05, 0.1) is 11.7 Å². The number of hydrogen-bond acceptors (Lipinski definition) is 3. The largest absolute Gasteiger partial charge is 0.336 e. The molecule has 23 heavy (non-hydrogen) atoms. The van der Waals surface area contributed by atoms with Crippen molar-refractivity contribution in [2.45, 2.75) is 64.5 Å². The fraction of sp³-hybridized carbons (Fsp3) is 0.765. The van der Waals surface area contributed by atoms with Crippen LogP contribution in [0.3, 0.4) is 0 Å². The number of nitrogens with one attached hydrogen (secondary N) is 2. The summed E-state index contributed by atoms with van der Waals surface area (Å²) >= 11 is 0. The maximum Gasteiger partial charge on any atom is 0.320 e. The lowest BCUT2D eigenvalue weighted by atomic mass is 9.94. The number of nitrogens with zero attached hydrogens (tertiary/aromatic N) is 3. The van der Waals surface area contributed by atoms with E-state index in [1.54, 1.807) is 0 Å². The molecule has 3 rings (SSSR count). The average molecular weight is 319 g/mol. The van der Waals surface area contributed by atoms with Gasteiger partial charge in [0, 0.05) is 18.2 Å². The molecule has 128 valence electrons. The third kappa shape index (κ3) is 3.22. The number of anilines is 1. The molecule has 2 fully saturated rings. The molecule has 0 unspecified atom stereocenters. The van der Waals surface area contributed by atoms with Gasteiger partial charge in [-0.3, -0.25) is 10.2 Å².